The summed E-state index contributed by atoms with van der Waals surface area (Å²) in [7, 11) is 0. The van der Waals surface area contributed by atoms with Crippen molar-refractivity contribution in [2.24, 2.45) is 0 Å². The lowest BCUT2D eigenvalue weighted by Gasteiger charge is -2.32. The summed E-state index contributed by atoms with van der Waals surface area (Å²) in [4.78, 5) is 25.7. The number of rotatable bonds is 5. The van der Waals surface area contributed by atoms with Gasteiger partial charge in [0.05, 0.1) is 17.9 Å². The highest BCUT2D eigenvalue weighted by Crippen LogP contribution is 2.13. The van der Waals surface area contributed by atoms with Gasteiger partial charge in [0, 0.05) is 6.54 Å². The molecule has 1 aromatic heterocycles. The van der Waals surface area contributed by atoms with E-state index in [0.29, 0.717) is 13.0 Å². The molecule has 6 heteroatoms. The van der Waals surface area contributed by atoms with Gasteiger partial charge >= 0.3 is 0 Å². The van der Waals surface area contributed by atoms with E-state index in [4.69, 9.17) is 0 Å². The molecule has 20 heavy (non-hydrogen) atoms. The highest BCUT2D eigenvalue weighted by molar-refractivity contribution is 5.94. The number of carbonyl (C=O) groups is 2. The molecule has 2 heterocycles. The minimum Gasteiger partial charge on any atom is -0.343 e. The van der Waals surface area contributed by atoms with Crippen LogP contribution in [0.3, 0.4) is 0 Å². The van der Waals surface area contributed by atoms with E-state index < -0.39 is 0 Å². The Morgan fingerprint density at radius 1 is 1.40 bits per heavy atom. The second-order valence-electron chi connectivity index (χ2n) is 5.20. The zero-order valence-corrected chi connectivity index (χ0v) is 12.3. The molecule has 1 aromatic rings. The number of piperazine rings is 1. The Morgan fingerprint density at radius 2 is 2.15 bits per heavy atom. The standard InChI is InChI=1S/C14H22N4O2/c1-4-6-12-14(20)17(9-13(19)15-12)8-11-7-10(3)16-18(11)5-2/h7,12H,4-6,8-9H2,1-3H3,(H,15,19). The van der Waals surface area contributed by atoms with Gasteiger partial charge in [0.25, 0.3) is 0 Å². The molecule has 110 valence electrons. The predicted octanol–water partition coefficient (Wildman–Crippen LogP) is 0.839. The Bertz CT molecular complexity index is 509. The van der Waals surface area contributed by atoms with Gasteiger partial charge in [-0.25, -0.2) is 0 Å². The van der Waals surface area contributed by atoms with Gasteiger partial charge in [0.2, 0.25) is 11.8 Å². The first kappa shape index (κ1) is 14.6. The number of aryl methyl sites for hydroxylation is 2. The smallest absolute Gasteiger partial charge is 0.245 e. The predicted molar refractivity (Wildman–Crippen MR) is 74.9 cm³/mol. The molecule has 1 aliphatic rings. The number of amides is 2. The summed E-state index contributed by atoms with van der Waals surface area (Å²) < 4.78 is 1.88. The van der Waals surface area contributed by atoms with Crippen LogP contribution in [0.4, 0.5) is 0 Å². The van der Waals surface area contributed by atoms with Gasteiger partial charge in [0.1, 0.15) is 12.6 Å². The van der Waals surface area contributed by atoms with Gasteiger partial charge in [-0.1, -0.05) is 13.3 Å². The van der Waals surface area contributed by atoms with E-state index in [1.807, 2.05) is 31.5 Å². The van der Waals surface area contributed by atoms with Crippen molar-refractivity contribution in [3.05, 3.63) is 17.5 Å². The monoisotopic (exact) mass is 278 g/mol. The maximum absolute atomic E-state index is 12.4. The van der Waals surface area contributed by atoms with Crippen LogP contribution in [0.5, 0.6) is 0 Å². The van der Waals surface area contributed by atoms with Crippen molar-refractivity contribution in [1.82, 2.24) is 20.0 Å². The molecule has 0 radical (unpaired) electrons. The van der Waals surface area contributed by atoms with Crippen molar-refractivity contribution in [1.29, 1.82) is 0 Å². The summed E-state index contributed by atoms with van der Waals surface area (Å²) >= 11 is 0. The van der Waals surface area contributed by atoms with Gasteiger partial charge in [0.15, 0.2) is 0 Å². The van der Waals surface area contributed by atoms with Crippen LogP contribution in [-0.4, -0.2) is 39.1 Å². The lowest BCUT2D eigenvalue weighted by molar-refractivity contribution is -0.145. The fourth-order valence-electron chi connectivity index (χ4n) is 2.59. The van der Waals surface area contributed by atoms with Crippen LogP contribution in [0.2, 0.25) is 0 Å². The molecule has 0 spiro atoms. The number of carbonyl (C=O) groups excluding carboxylic acids is 2. The average Bonchev–Trinajstić information content (AvgIpc) is 2.75. The minimum atomic E-state index is -0.375. The third-order valence-corrected chi connectivity index (χ3v) is 3.49. The molecule has 0 aromatic carbocycles. The van der Waals surface area contributed by atoms with Crippen LogP contribution in [0.1, 0.15) is 38.1 Å². The summed E-state index contributed by atoms with van der Waals surface area (Å²) in [5.41, 5.74) is 1.91. The Balaban J connectivity index is 2.14. The second-order valence-corrected chi connectivity index (χ2v) is 5.20. The Labute approximate surface area is 119 Å². The van der Waals surface area contributed by atoms with Gasteiger partial charge in [-0.05, 0) is 26.3 Å². The topological polar surface area (TPSA) is 67.2 Å². The van der Waals surface area contributed by atoms with Crippen molar-refractivity contribution in [3.8, 4) is 0 Å². The molecular weight excluding hydrogens is 256 g/mol. The minimum absolute atomic E-state index is 0.00737. The number of hydrogen-bond donors (Lipinski definition) is 1. The Morgan fingerprint density at radius 3 is 2.80 bits per heavy atom. The van der Waals surface area contributed by atoms with E-state index in [9.17, 15) is 9.59 Å². The van der Waals surface area contributed by atoms with Gasteiger partial charge in [-0.3, -0.25) is 14.3 Å². The van der Waals surface area contributed by atoms with Crippen LogP contribution in [0.15, 0.2) is 6.07 Å². The molecule has 1 saturated heterocycles. The van der Waals surface area contributed by atoms with E-state index in [1.54, 1.807) is 4.90 Å². The number of nitrogens with one attached hydrogen (secondary N) is 1. The molecule has 6 nitrogen and oxygen atoms in total. The Kier molecular flexibility index (Phi) is 4.42. The molecule has 1 fully saturated rings. The number of hydrogen-bond acceptors (Lipinski definition) is 3. The summed E-state index contributed by atoms with van der Waals surface area (Å²) in [6.45, 7) is 7.29. The average molecular weight is 278 g/mol. The molecular formula is C14H22N4O2. The number of nitrogens with zero attached hydrogens (tertiary/aromatic N) is 3. The molecule has 1 aliphatic heterocycles. The van der Waals surface area contributed by atoms with Crippen LogP contribution in [0.25, 0.3) is 0 Å². The SMILES string of the molecule is CCCC1NC(=O)CN(Cc2cc(C)nn2CC)C1=O. The summed E-state index contributed by atoms with van der Waals surface area (Å²) in [6, 6.07) is 1.60. The van der Waals surface area contributed by atoms with Crippen LogP contribution >= 0.6 is 0 Å². The molecule has 1 atom stereocenters. The van der Waals surface area contributed by atoms with Crippen molar-refractivity contribution >= 4 is 11.8 Å². The largest absolute Gasteiger partial charge is 0.343 e. The third kappa shape index (κ3) is 3.00. The van der Waals surface area contributed by atoms with E-state index in [0.717, 1.165) is 24.4 Å². The van der Waals surface area contributed by atoms with Crippen molar-refractivity contribution in [2.45, 2.75) is 52.7 Å². The lowest BCUT2D eigenvalue weighted by Crippen LogP contribution is -2.57. The molecule has 0 bridgehead atoms. The third-order valence-electron chi connectivity index (χ3n) is 3.49. The lowest BCUT2D eigenvalue weighted by atomic mass is 10.1. The molecule has 1 N–H and O–H groups in total. The molecule has 0 aliphatic carbocycles. The highest BCUT2D eigenvalue weighted by atomic mass is 16.2. The van der Waals surface area contributed by atoms with Gasteiger partial charge in [-0.15, -0.1) is 0 Å². The number of aromatic nitrogens is 2. The van der Waals surface area contributed by atoms with E-state index in [2.05, 4.69) is 10.4 Å². The second kappa shape index (κ2) is 6.07. The van der Waals surface area contributed by atoms with Crippen molar-refractivity contribution in [2.75, 3.05) is 6.54 Å². The molecule has 1 unspecified atom stereocenters. The summed E-state index contributed by atoms with van der Waals surface area (Å²) in [5, 5.41) is 7.14. The maximum atomic E-state index is 12.4. The van der Waals surface area contributed by atoms with E-state index in [-0.39, 0.29) is 24.4 Å². The zero-order chi connectivity index (χ0) is 14.7. The van der Waals surface area contributed by atoms with Crippen molar-refractivity contribution < 1.29 is 9.59 Å². The van der Waals surface area contributed by atoms with Gasteiger partial charge < -0.3 is 10.2 Å². The fourth-order valence-corrected chi connectivity index (χ4v) is 2.59. The van der Waals surface area contributed by atoms with Crippen LogP contribution < -0.4 is 5.32 Å². The van der Waals surface area contributed by atoms with E-state index in [1.165, 1.54) is 0 Å². The first-order chi connectivity index (χ1) is 9.55. The van der Waals surface area contributed by atoms with Crippen LogP contribution in [0, 0.1) is 6.92 Å². The highest BCUT2D eigenvalue weighted by Gasteiger charge is 2.32. The van der Waals surface area contributed by atoms with Crippen LogP contribution in [-0.2, 0) is 22.7 Å². The normalized spacial score (nSPS) is 19.4. The molecule has 2 amide bonds. The Hall–Kier alpha value is -1.85. The van der Waals surface area contributed by atoms with Gasteiger partial charge in [-0.2, -0.15) is 5.10 Å². The molecule has 0 saturated carbocycles. The quantitative estimate of drug-likeness (QED) is 0.868. The summed E-state index contributed by atoms with van der Waals surface area (Å²) in [6.07, 6.45) is 1.56. The fraction of sp³-hybridized carbons (Fsp3) is 0.643. The maximum Gasteiger partial charge on any atom is 0.245 e. The first-order valence-corrected chi connectivity index (χ1v) is 7.16. The van der Waals surface area contributed by atoms with E-state index >= 15 is 0 Å². The zero-order valence-electron chi connectivity index (χ0n) is 12.3. The molecule has 2 rings (SSSR count). The van der Waals surface area contributed by atoms with Crippen molar-refractivity contribution in [3.63, 3.8) is 0 Å². The summed E-state index contributed by atoms with van der Waals surface area (Å²) in [5.74, 6) is -0.0738. The first-order valence-electron chi connectivity index (χ1n) is 7.16.